The van der Waals surface area contributed by atoms with Crippen molar-refractivity contribution in [2.24, 2.45) is 0 Å². The Hall–Kier alpha value is -5.97. The molecule has 0 aliphatic carbocycles. The second-order valence-electron chi connectivity index (χ2n) is 13.3. The number of hydrogen-bond acceptors (Lipinski definition) is 3. The van der Waals surface area contributed by atoms with Crippen LogP contribution in [0.5, 0.6) is 0 Å². The van der Waals surface area contributed by atoms with Crippen LogP contribution in [-0.4, -0.2) is 23.0 Å². The number of aromatic nitrogens is 3. The van der Waals surface area contributed by atoms with Gasteiger partial charge in [0, 0.05) is 16.7 Å². The molecule has 3 nitrogen and oxygen atoms in total. The average molecular weight is 644 g/mol. The van der Waals surface area contributed by atoms with E-state index < -0.39 is 8.07 Å². The molecule has 0 saturated carbocycles. The highest BCUT2D eigenvalue weighted by atomic mass is 28.3. The predicted molar refractivity (Wildman–Crippen MR) is 207 cm³/mol. The van der Waals surface area contributed by atoms with Gasteiger partial charge < -0.3 is 0 Å². The SMILES string of the molecule is C[Si]1(C)c2cc(-c3nc(-c4ccc(-c5ccccc5)cc4)nc(-c4cccc(-c5ccccc5)c4)n3)ccc2-c2c1ccc1ccccc21. The number of hydrogen-bond donors (Lipinski definition) is 0. The Bertz CT molecular complexity index is 2510. The van der Waals surface area contributed by atoms with Crippen molar-refractivity contribution in [3.05, 3.63) is 164 Å². The van der Waals surface area contributed by atoms with E-state index in [9.17, 15) is 0 Å². The van der Waals surface area contributed by atoms with E-state index in [1.54, 1.807) is 0 Å². The first-order valence-corrected chi connectivity index (χ1v) is 19.8. The molecule has 0 atom stereocenters. The maximum absolute atomic E-state index is 5.16. The van der Waals surface area contributed by atoms with Gasteiger partial charge in [0.15, 0.2) is 17.5 Å². The van der Waals surface area contributed by atoms with E-state index in [2.05, 4.69) is 165 Å². The van der Waals surface area contributed by atoms with Crippen molar-refractivity contribution in [1.82, 2.24) is 15.0 Å². The lowest BCUT2D eigenvalue weighted by atomic mass is 9.97. The maximum Gasteiger partial charge on any atom is 0.164 e. The van der Waals surface area contributed by atoms with Gasteiger partial charge in [-0.15, -0.1) is 0 Å². The lowest BCUT2D eigenvalue weighted by Gasteiger charge is -2.19. The van der Waals surface area contributed by atoms with E-state index in [0.29, 0.717) is 17.5 Å². The first kappa shape index (κ1) is 29.2. The molecule has 8 aromatic rings. The number of benzene rings is 7. The van der Waals surface area contributed by atoms with Crippen LogP contribution in [0.3, 0.4) is 0 Å². The normalized spacial score (nSPS) is 12.9. The predicted octanol–water partition coefficient (Wildman–Crippen LogP) is 10.2. The van der Waals surface area contributed by atoms with Gasteiger partial charge >= 0.3 is 0 Å². The second-order valence-corrected chi connectivity index (χ2v) is 17.6. The highest BCUT2D eigenvalue weighted by Crippen LogP contribution is 2.36. The van der Waals surface area contributed by atoms with Crippen LogP contribution in [0.15, 0.2) is 164 Å². The van der Waals surface area contributed by atoms with Gasteiger partial charge in [-0.1, -0.05) is 171 Å². The zero-order valence-electron chi connectivity index (χ0n) is 27.4. The molecule has 49 heavy (non-hydrogen) atoms. The third-order valence-electron chi connectivity index (χ3n) is 9.94. The Balaban J connectivity index is 1.19. The molecule has 232 valence electrons. The molecule has 1 aromatic heterocycles. The van der Waals surface area contributed by atoms with Crippen molar-refractivity contribution >= 4 is 29.2 Å². The maximum atomic E-state index is 5.16. The Morgan fingerprint density at radius 1 is 0.367 bits per heavy atom. The summed E-state index contributed by atoms with van der Waals surface area (Å²) in [4.78, 5) is 15.4. The van der Waals surface area contributed by atoms with Gasteiger partial charge in [0.1, 0.15) is 8.07 Å². The molecule has 0 spiro atoms. The van der Waals surface area contributed by atoms with E-state index in [4.69, 9.17) is 15.0 Å². The topological polar surface area (TPSA) is 38.7 Å². The van der Waals surface area contributed by atoms with Crippen LogP contribution in [0.1, 0.15) is 0 Å². The minimum Gasteiger partial charge on any atom is -0.208 e. The zero-order chi connectivity index (χ0) is 33.0. The zero-order valence-corrected chi connectivity index (χ0v) is 28.4. The highest BCUT2D eigenvalue weighted by molar-refractivity contribution is 7.04. The average Bonchev–Trinajstić information content (AvgIpc) is 3.41. The van der Waals surface area contributed by atoms with Crippen molar-refractivity contribution in [3.8, 4) is 67.5 Å². The Morgan fingerprint density at radius 2 is 0.878 bits per heavy atom. The molecule has 0 saturated heterocycles. The van der Waals surface area contributed by atoms with E-state index in [-0.39, 0.29) is 0 Å². The largest absolute Gasteiger partial charge is 0.208 e. The summed E-state index contributed by atoms with van der Waals surface area (Å²) in [6, 6.07) is 58.2. The molecule has 1 aliphatic heterocycles. The van der Waals surface area contributed by atoms with Gasteiger partial charge in [0.05, 0.1) is 0 Å². The van der Waals surface area contributed by atoms with Gasteiger partial charge in [-0.3, -0.25) is 0 Å². The number of rotatable bonds is 5. The summed E-state index contributed by atoms with van der Waals surface area (Å²) in [5.41, 5.74) is 10.3. The van der Waals surface area contributed by atoms with Gasteiger partial charge in [-0.25, -0.2) is 15.0 Å². The van der Waals surface area contributed by atoms with Crippen LogP contribution in [0, 0.1) is 0 Å². The molecule has 0 N–H and O–H groups in total. The van der Waals surface area contributed by atoms with E-state index >= 15 is 0 Å². The number of nitrogens with zero attached hydrogens (tertiary/aromatic N) is 3. The summed E-state index contributed by atoms with van der Waals surface area (Å²) < 4.78 is 0. The fraction of sp³-hybridized carbons (Fsp3) is 0.0444. The van der Waals surface area contributed by atoms with Crippen molar-refractivity contribution < 1.29 is 0 Å². The van der Waals surface area contributed by atoms with Gasteiger partial charge in [-0.2, -0.15) is 0 Å². The van der Waals surface area contributed by atoms with Crippen LogP contribution < -0.4 is 10.4 Å². The second kappa shape index (κ2) is 11.6. The van der Waals surface area contributed by atoms with Gasteiger partial charge in [0.2, 0.25) is 0 Å². The molecular formula is C45H33N3Si. The Kier molecular flexibility index (Phi) is 6.92. The monoisotopic (exact) mass is 643 g/mol. The van der Waals surface area contributed by atoms with Crippen LogP contribution in [-0.2, 0) is 0 Å². The van der Waals surface area contributed by atoms with Crippen molar-refractivity contribution in [2.45, 2.75) is 13.1 Å². The fourth-order valence-electron chi connectivity index (χ4n) is 7.32. The summed E-state index contributed by atoms with van der Waals surface area (Å²) in [6.07, 6.45) is 0. The molecule has 7 aromatic carbocycles. The van der Waals surface area contributed by atoms with Crippen LogP contribution >= 0.6 is 0 Å². The smallest absolute Gasteiger partial charge is 0.164 e. The molecule has 0 unspecified atom stereocenters. The minimum absolute atomic E-state index is 0.663. The quantitative estimate of drug-likeness (QED) is 0.175. The molecule has 1 aliphatic rings. The Morgan fingerprint density at radius 3 is 1.59 bits per heavy atom. The highest BCUT2D eigenvalue weighted by Gasteiger charge is 2.38. The molecule has 2 heterocycles. The molecule has 0 fully saturated rings. The molecule has 0 radical (unpaired) electrons. The summed E-state index contributed by atoms with van der Waals surface area (Å²) in [6.45, 7) is 4.92. The summed E-state index contributed by atoms with van der Waals surface area (Å²) in [7, 11) is -1.97. The summed E-state index contributed by atoms with van der Waals surface area (Å²) >= 11 is 0. The molecule has 0 amide bonds. The number of fused-ring (bicyclic) bond motifs is 5. The van der Waals surface area contributed by atoms with Crippen molar-refractivity contribution in [2.75, 3.05) is 0 Å². The third kappa shape index (κ3) is 5.09. The van der Waals surface area contributed by atoms with E-state index in [1.807, 2.05) is 12.1 Å². The molecule has 0 bridgehead atoms. The minimum atomic E-state index is -1.97. The van der Waals surface area contributed by atoms with Crippen LogP contribution in [0.25, 0.3) is 78.3 Å². The summed E-state index contributed by atoms with van der Waals surface area (Å²) in [5, 5.41) is 5.53. The van der Waals surface area contributed by atoms with Crippen molar-refractivity contribution in [3.63, 3.8) is 0 Å². The lowest BCUT2D eigenvalue weighted by molar-refractivity contribution is 1.07. The standard InChI is InChI=1S/C45H33N3Si/c1-49(2)40-27-25-33-16-9-10-19-38(33)42(40)39-26-24-37(29-41(39)49)45-47-43(34-22-20-32(21-23-34)30-12-5-3-6-13-30)46-44(48-45)36-18-11-17-35(28-36)31-14-7-4-8-15-31/h3-29H,1-2H3. The third-order valence-corrected chi connectivity index (χ3v) is 13.5. The van der Waals surface area contributed by atoms with Crippen molar-refractivity contribution in [1.29, 1.82) is 0 Å². The first-order chi connectivity index (χ1) is 24.0. The summed E-state index contributed by atoms with van der Waals surface area (Å²) in [5.74, 6) is 2.01. The molecule has 9 rings (SSSR count). The fourth-order valence-corrected chi connectivity index (χ4v) is 10.4. The molecular weight excluding hydrogens is 611 g/mol. The van der Waals surface area contributed by atoms with Gasteiger partial charge in [0.25, 0.3) is 0 Å². The van der Waals surface area contributed by atoms with Gasteiger partial charge in [-0.05, 0) is 60.6 Å². The van der Waals surface area contributed by atoms with Crippen LogP contribution in [0.2, 0.25) is 13.1 Å². The first-order valence-electron chi connectivity index (χ1n) is 16.8. The van der Waals surface area contributed by atoms with E-state index in [0.717, 1.165) is 33.4 Å². The Labute approximate surface area is 287 Å². The van der Waals surface area contributed by atoms with Crippen LogP contribution in [0.4, 0.5) is 0 Å². The van der Waals surface area contributed by atoms with E-state index in [1.165, 1.54) is 37.8 Å². The molecule has 4 heteroatoms. The lowest BCUT2D eigenvalue weighted by Crippen LogP contribution is -2.49.